The van der Waals surface area contributed by atoms with Gasteiger partial charge in [0.05, 0.1) is 12.2 Å². The summed E-state index contributed by atoms with van der Waals surface area (Å²) in [4.78, 5) is 16.7. The van der Waals surface area contributed by atoms with Crippen molar-refractivity contribution in [1.82, 2.24) is 10.3 Å². The van der Waals surface area contributed by atoms with Crippen molar-refractivity contribution in [2.24, 2.45) is 0 Å². The van der Waals surface area contributed by atoms with E-state index in [0.29, 0.717) is 5.75 Å². The van der Waals surface area contributed by atoms with Crippen molar-refractivity contribution in [3.8, 4) is 17.6 Å². The average Bonchev–Trinajstić information content (AvgIpc) is 2.55. The molecule has 0 spiro atoms. The first-order valence-corrected chi connectivity index (χ1v) is 9.96. The number of hydrogen-bond acceptors (Lipinski definition) is 5. The quantitative estimate of drug-likeness (QED) is 0.427. The zero-order valence-electron chi connectivity index (χ0n) is 17.0. The fourth-order valence-electron chi connectivity index (χ4n) is 2.73. The molecular formula is C22H32N2O3. The lowest BCUT2D eigenvalue weighted by molar-refractivity contribution is -0.165. The molecule has 1 aliphatic rings. The Hall–Kier alpha value is -2.06. The van der Waals surface area contributed by atoms with E-state index in [1.807, 2.05) is 26.8 Å². The molecule has 2 rings (SSSR count). The van der Waals surface area contributed by atoms with E-state index >= 15 is 0 Å². The van der Waals surface area contributed by atoms with Crippen LogP contribution in [-0.4, -0.2) is 35.2 Å². The van der Waals surface area contributed by atoms with Gasteiger partial charge in [0.1, 0.15) is 11.4 Å². The third kappa shape index (κ3) is 7.60. The first-order valence-electron chi connectivity index (χ1n) is 9.96. The summed E-state index contributed by atoms with van der Waals surface area (Å²) >= 11 is 0. The highest BCUT2D eigenvalue weighted by Gasteiger charge is 2.37. The van der Waals surface area contributed by atoms with Gasteiger partial charge in [0.15, 0.2) is 0 Å². The number of carbonyl (C=O) groups excluding carboxylic acids is 1. The van der Waals surface area contributed by atoms with Crippen LogP contribution in [0.15, 0.2) is 18.5 Å². The maximum absolute atomic E-state index is 12.5. The molecule has 1 aliphatic heterocycles. The highest BCUT2D eigenvalue weighted by Crippen LogP contribution is 2.20. The normalized spacial score (nSPS) is 17.3. The Kier molecular flexibility index (Phi) is 8.12. The molecule has 1 aromatic rings. The number of unbranched alkanes of at least 4 members (excludes halogenated alkanes) is 4. The molecule has 5 heteroatoms. The number of aromatic nitrogens is 1. The van der Waals surface area contributed by atoms with Crippen molar-refractivity contribution in [2.45, 2.75) is 84.0 Å². The van der Waals surface area contributed by atoms with Gasteiger partial charge in [0.25, 0.3) is 0 Å². The van der Waals surface area contributed by atoms with Crippen LogP contribution in [0, 0.1) is 11.8 Å². The van der Waals surface area contributed by atoms with Crippen molar-refractivity contribution in [1.29, 1.82) is 0 Å². The van der Waals surface area contributed by atoms with Gasteiger partial charge in [-0.15, -0.1) is 0 Å². The van der Waals surface area contributed by atoms with Crippen LogP contribution < -0.4 is 10.1 Å². The summed E-state index contributed by atoms with van der Waals surface area (Å²) in [6, 6.07) is 1.80. The molecule has 0 saturated carbocycles. The van der Waals surface area contributed by atoms with Gasteiger partial charge in [-0.2, -0.15) is 0 Å². The number of pyridine rings is 1. The van der Waals surface area contributed by atoms with Crippen LogP contribution in [-0.2, 0) is 9.53 Å². The Morgan fingerprint density at radius 3 is 2.74 bits per heavy atom. The monoisotopic (exact) mass is 372 g/mol. The number of hydrogen-bond donors (Lipinski definition) is 1. The molecule has 148 valence electrons. The fraction of sp³-hybridized carbons (Fsp3) is 0.636. The maximum Gasteiger partial charge on any atom is 0.349 e. The van der Waals surface area contributed by atoms with Crippen molar-refractivity contribution in [3.63, 3.8) is 0 Å². The molecule has 2 unspecified atom stereocenters. The number of nitrogens with one attached hydrogen (secondary N) is 1. The third-order valence-electron chi connectivity index (χ3n) is 4.23. The van der Waals surface area contributed by atoms with E-state index in [0.717, 1.165) is 31.4 Å². The lowest BCUT2D eigenvalue weighted by atomic mass is 10.0. The van der Waals surface area contributed by atoms with Gasteiger partial charge in [0, 0.05) is 18.2 Å². The van der Waals surface area contributed by atoms with Crippen LogP contribution in [0.25, 0.3) is 0 Å². The Labute approximate surface area is 163 Å². The molecule has 2 atom stereocenters. The summed E-state index contributed by atoms with van der Waals surface area (Å²) in [5.74, 6) is 6.51. The lowest BCUT2D eigenvalue weighted by Crippen LogP contribution is -2.57. The second kappa shape index (κ2) is 10.3. The summed E-state index contributed by atoms with van der Waals surface area (Å²) in [5, 5.41) is 3.23. The van der Waals surface area contributed by atoms with E-state index in [4.69, 9.17) is 9.47 Å². The molecule has 27 heavy (non-hydrogen) atoms. The van der Waals surface area contributed by atoms with Gasteiger partial charge < -0.3 is 14.8 Å². The van der Waals surface area contributed by atoms with Crippen LogP contribution >= 0.6 is 0 Å². The molecule has 0 aliphatic carbocycles. The molecule has 2 heterocycles. The molecular weight excluding hydrogens is 340 g/mol. The van der Waals surface area contributed by atoms with Gasteiger partial charge in [-0.3, -0.25) is 4.98 Å². The number of nitrogens with zero attached hydrogens (tertiary/aromatic N) is 1. The number of rotatable bonds is 8. The molecule has 1 N–H and O–H groups in total. The van der Waals surface area contributed by atoms with Gasteiger partial charge in [0.2, 0.25) is 6.10 Å². The number of carbonyl (C=O) groups is 1. The topological polar surface area (TPSA) is 60.5 Å². The highest BCUT2D eigenvalue weighted by molar-refractivity contribution is 5.76. The zero-order chi connectivity index (χ0) is 19.7. The molecule has 0 amide bonds. The van der Waals surface area contributed by atoms with E-state index in [-0.39, 0.29) is 12.0 Å². The molecule has 0 bridgehead atoms. The molecule has 0 radical (unpaired) electrons. The summed E-state index contributed by atoms with van der Waals surface area (Å²) in [7, 11) is 0. The smallest absolute Gasteiger partial charge is 0.349 e. The van der Waals surface area contributed by atoms with E-state index in [9.17, 15) is 4.79 Å². The summed E-state index contributed by atoms with van der Waals surface area (Å²) in [6.07, 6.45) is 9.25. The minimum atomic E-state index is -0.683. The number of ether oxygens (including phenoxy) is 2. The SMILES string of the molecule is CCCCCCC#Cc1cncc(OC(C(=O)OC(C)(C)C)C2CCN2)c1. The third-order valence-corrected chi connectivity index (χ3v) is 4.23. The van der Waals surface area contributed by atoms with Gasteiger partial charge >= 0.3 is 5.97 Å². The first-order chi connectivity index (χ1) is 12.9. The molecule has 1 fully saturated rings. The second-order valence-electron chi connectivity index (χ2n) is 7.94. The van der Waals surface area contributed by atoms with E-state index in [1.54, 1.807) is 12.4 Å². The van der Waals surface area contributed by atoms with Crippen LogP contribution in [0.4, 0.5) is 0 Å². The fourth-order valence-corrected chi connectivity index (χ4v) is 2.73. The molecule has 1 aromatic heterocycles. The second-order valence-corrected chi connectivity index (χ2v) is 7.94. The predicted molar refractivity (Wildman–Crippen MR) is 107 cm³/mol. The van der Waals surface area contributed by atoms with Gasteiger partial charge in [-0.1, -0.05) is 38.0 Å². The van der Waals surface area contributed by atoms with E-state index < -0.39 is 11.7 Å². The van der Waals surface area contributed by atoms with Crippen LogP contribution in [0.2, 0.25) is 0 Å². The maximum atomic E-state index is 12.5. The standard InChI is InChI=1S/C22H32N2O3/c1-5-6-7-8-9-10-11-17-14-18(16-23-15-17)26-20(19-12-13-24-19)21(25)27-22(2,3)4/h14-16,19-20,24H,5-9,12-13H2,1-4H3. The summed E-state index contributed by atoms with van der Waals surface area (Å²) in [5.41, 5.74) is 0.249. The van der Waals surface area contributed by atoms with Crippen LogP contribution in [0.3, 0.4) is 0 Å². The van der Waals surface area contributed by atoms with Crippen LogP contribution in [0.5, 0.6) is 5.75 Å². The van der Waals surface area contributed by atoms with E-state index in [2.05, 4.69) is 29.1 Å². The lowest BCUT2D eigenvalue weighted by Gasteiger charge is -2.35. The van der Waals surface area contributed by atoms with Crippen molar-refractivity contribution >= 4 is 5.97 Å². The predicted octanol–water partition coefficient (Wildman–Crippen LogP) is 3.85. The van der Waals surface area contributed by atoms with Crippen molar-refractivity contribution in [2.75, 3.05) is 6.54 Å². The summed E-state index contributed by atoms with van der Waals surface area (Å²) < 4.78 is 11.5. The Balaban J connectivity index is 1.99. The van der Waals surface area contributed by atoms with Crippen molar-refractivity contribution in [3.05, 3.63) is 24.0 Å². The molecule has 0 aromatic carbocycles. The first kappa shape index (κ1) is 21.2. The van der Waals surface area contributed by atoms with Gasteiger partial charge in [-0.25, -0.2) is 4.79 Å². The molecule has 5 nitrogen and oxygen atoms in total. The number of esters is 1. The minimum absolute atomic E-state index is 0.0341. The minimum Gasteiger partial charge on any atom is -0.475 e. The van der Waals surface area contributed by atoms with Crippen LogP contribution in [0.1, 0.15) is 71.8 Å². The Bertz CT molecular complexity index is 666. The Morgan fingerprint density at radius 1 is 1.33 bits per heavy atom. The highest BCUT2D eigenvalue weighted by atomic mass is 16.6. The van der Waals surface area contributed by atoms with E-state index in [1.165, 1.54) is 19.3 Å². The zero-order valence-corrected chi connectivity index (χ0v) is 17.0. The van der Waals surface area contributed by atoms with Crippen molar-refractivity contribution < 1.29 is 14.3 Å². The summed E-state index contributed by atoms with van der Waals surface area (Å²) in [6.45, 7) is 8.65. The average molecular weight is 373 g/mol. The van der Waals surface area contributed by atoms with Gasteiger partial charge in [-0.05, 0) is 46.2 Å². The Morgan fingerprint density at radius 2 is 2.11 bits per heavy atom. The largest absolute Gasteiger partial charge is 0.475 e. The molecule has 1 saturated heterocycles.